The number of thiocarbonyl (C=S) groups is 1. The predicted molar refractivity (Wildman–Crippen MR) is 99.9 cm³/mol. The van der Waals surface area contributed by atoms with Gasteiger partial charge in [-0.1, -0.05) is 32.0 Å². The van der Waals surface area contributed by atoms with Crippen LogP contribution in [0.3, 0.4) is 0 Å². The van der Waals surface area contributed by atoms with Crippen molar-refractivity contribution in [3.8, 4) is 11.5 Å². The lowest BCUT2D eigenvalue weighted by Crippen LogP contribution is -2.20. The average molecular weight is 330 g/mol. The highest BCUT2D eigenvalue weighted by Gasteiger charge is 2.08. The maximum atomic E-state index is 5.42. The molecule has 0 aromatic heterocycles. The van der Waals surface area contributed by atoms with Crippen molar-refractivity contribution in [3.63, 3.8) is 0 Å². The highest BCUT2D eigenvalue weighted by Crippen LogP contribution is 2.27. The first kappa shape index (κ1) is 17.1. The van der Waals surface area contributed by atoms with Gasteiger partial charge in [0.25, 0.3) is 0 Å². The topological polar surface area (TPSA) is 42.5 Å². The predicted octanol–water partition coefficient (Wildman–Crippen LogP) is 4.64. The van der Waals surface area contributed by atoms with Gasteiger partial charge in [-0.25, -0.2) is 0 Å². The van der Waals surface area contributed by atoms with Gasteiger partial charge in [-0.2, -0.15) is 0 Å². The summed E-state index contributed by atoms with van der Waals surface area (Å²) in [7, 11) is 3.24. The van der Waals surface area contributed by atoms with E-state index in [-0.39, 0.29) is 0 Å². The van der Waals surface area contributed by atoms with Gasteiger partial charge in [0, 0.05) is 29.6 Å². The molecule has 0 spiro atoms. The summed E-state index contributed by atoms with van der Waals surface area (Å²) in [5.41, 5.74) is 3.04. The van der Waals surface area contributed by atoms with Crippen molar-refractivity contribution in [2.45, 2.75) is 19.8 Å². The number of hydrogen-bond donors (Lipinski definition) is 2. The number of benzene rings is 2. The van der Waals surface area contributed by atoms with Crippen LogP contribution in [0.25, 0.3) is 0 Å². The van der Waals surface area contributed by atoms with Crippen molar-refractivity contribution >= 4 is 28.7 Å². The molecule has 0 unspecified atom stereocenters. The van der Waals surface area contributed by atoms with Crippen molar-refractivity contribution in [2.75, 3.05) is 24.9 Å². The molecule has 122 valence electrons. The van der Waals surface area contributed by atoms with Gasteiger partial charge in [-0.3, -0.25) is 0 Å². The molecule has 0 aliphatic carbocycles. The number of para-hydroxylation sites is 1. The van der Waals surface area contributed by atoms with Gasteiger partial charge in [0.05, 0.1) is 14.2 Å². The molecule has 0 saturated heterocycles. The van der Waals surface area contributed by atoms with Crippen LogP contribution in [0.1, 0.15) is 25.3 Å². The largest absolute Gasteiger partial charge is 0.497 e. The summed E-state index contributed by atoms with van der Waals surface area (Å²) in [4.78, 5) is 0. The number of rotatable bonds is 5. The molecule has 0 radical (unpaired) electrons. The summed E-state index contributed by atoms with van der Waals surface area (Å²) in [5.74, 6) is 1.83. The fraction of sp³-hybridized carbons (Fsp3) is 0.278. The van der Waals surface area contributed by atoms with E-state index in [2.05, 4.69) is 30.5 Å². The van der Waals surface area contributed by atoms with Gasteiger partial charge in [-0.05, 0) is 29.8 Å². The summed E-state index contributed by atoms with van der Waals surface area (Å²) >= 11 is 5.42. The van der Waals surface area contributed by atoms with Crippen molar-refractivity contribution in [1.29, 1.82) is 0 Å². The van der Waals surface area contributed by atoms with E-state index >= 15 is 0 Å². The van der Waals surface area contributed by atoms with Crippen LogP contribution in [-0.4, -0.2) is 19.3 Å². The molecule has 23 heavy (non-hydrogen) atoms. The SMILES string of the molecule is COc1cc(NC(=S)Nc2ccccc2C(C)C)cc(OC)c1. The van der Waals surface area contributed by atoms with Gasteiger partial charge in [-0.15, -0.1) is 0 Å². The second-order valence-corrected chi connectivity index (χ2v) is 5.83. The van der Waals surface area contributed by atoms with Gasteiger partial charge in [0.1, 0.15) is 11.5 Å². The lowest BCUT2D eigenvalue weighted by molar-refractivity contribution is 0.395. The number of methoxy groups -OCH3 is 2. The van der Waals surface area contributed by atoms with Gasteiger partial charge in [0.15, 0.2) is 5.11 Å². The average Bonchev–Trinajstić information content (AvgIpc) is 2.54. The van der Waals surface area contributed by atoms with E-state index in [1.54, 1.807) is 14.2 Å². The molecule has 0 heterocycles. The van der Waals surface area contributed by atoms with Crippen molar-refractivity contribution in [3.05, 3.63) is 48.0 Å². The molecule has 4 nitrogen and oxygen atoms in total. The minimum absolute atomic E-state index is 0.415. The van der Waals surface area contributed by atoms with Crippen LogP contribution < -0.4 is 20.1 Å². The maximum Gasteiger partial charge on any atom is 0.175 e. The number of nitrogens with one attached hydrogen (secondary N) is 2. The van der Waals surface area contributed by atoms with E-state index in [0.29, 0.717) is 22.5 Å². The fourth-order valence-corrected chi connectivity index (χ4v) is 2.51. The van der Waals surface area contributed by atoms with E-state index in [1.807, 2.05) is 36.4 Å². The van der Waals surface area contributed by atoms with Crippen LogP contribution in [0.2, 0.25) is 0 Å². The third-order valence-corrected chi connectivity index (χ3v) is 3.64. The number of ether oxygens (including phenoxy) is 2. The minimum atomic E-state index is 0.415. The smallest absolute Gasteiger partial charge is 0.175 e. The molecule has 2 aromatic carbocycles. The van der Waals surface area contributed by atoms with Gasteiger partial charge >= 0.3 is 0 Å². The molecular weight excluding hydrogens is 308 g/mol. The molecular formula is C18H22N2O2S. The first-order valence-corrected chi connectivity index (χ1v) is 7.84. The molecule has 0 aliphatic heterocycles. The molecule has 0 amide bonds. The molecule has 2 N–H and O–H groups in total. The zero-order valence-corrected chi connectivity index (χ0v) is 14.7. The van der Waals surface area contributed by atoms with E-state index in [4.69, 9.17) is 21.7 Å². The molecule has 0 aliphatic rings. The molecule has 0 bridgehead atoms. The summed E-state index contributed by atoms with van der Waals surface area (Å²) in [5, 5.41) is 6.94. The third-order valence-electron chi connectivity index (χ3n) is 3.44. The number of hydrogen-bond acceptors (Lipinski definition) is 3. The van der Waals surface area contributed by atoms with Crippen LogP contribution in [-0.2, 0) is 0 Å². The Kier molecular flexibility index (Phi) is 5.82. The first-order chi connectivity index (χ1) is 11.0. The van der Waals surface area contributed by atoms with Gasteiger partial charge < -0.3 is 20.1 Å². The zero-order chi connectivity index (χ0) is 16.8. The Morgan fingerprint density at radius 1 is 0.957 bits per heavy atom. The van der Waals surface area contributed by atoms with Crippen molar-refractivity contribution in [1.82, 2.24) is 0 Å². The Balaban J connectivity index is 2.14. The van der Waals surface area contributed by atoms with Crippen LogP contribution in [0.15, 0.2) is 42.5 Å². The van der Waals surface area contributed by atoms with E-state index in [9.17, 15) is 0 Å². The lowest BCUT2D eigenvalue weighted by Gasteiger charge is -2.16. The molecule has 0 atom stereocenters. The van der Waals surface area contributed by atoms with E-state index in [0.717, 1.165) is 11.4 Å². The Hall–Kier alpha value is -2.27. The van der Waals surface area contributed by atoms with Gasteiger partial charge in [0.2, 0.25) is 0 Å². The minimum Gasteiger partial charge on any atom is -0.497 e. The molecule has 2 rings (SSSR count). The Morgan fingerprint density at radius 3 is 2.13 bits per heavy atom. The highest BCUT2D eigenvalue weighted by molar-refractivity contribution is 7.80. The monoisotopic (exact) mass is 330 g/mol. The summed E-state index contributed by atoms with van der Waals surface area (Å²) in [6, 6.07) is 13.7. The fourth-order valence-electron chi connectivity index (χ4n) is 2.28. The maximum absolute atomic E-state index is 5.42. The second kappa shape index (κ2) is 7.83. The normalized spacial score (nSPS) is 10.3. The Labute approximate surface area is 142 Å². The summed E-state index contributed by atoms with van der Waals surface area (Å²) < 4.78 is 10.5. The number of anilines is 2. The molecule has 2 aromatic rings. The Bertz CT molecular complexity index is 664. The van der Waals surface area contributed by atoms with E-state index in [1.165, 1.54) is 5.56 Å². The molecule has 5 heteroatoms. The third kappa shape index (κ3) is 4.60. The summed E-state index contributed by atoms with van der Waals surface area (Å²) in [6.45, 7) is 4.31. The molecule has 0 saturated carbocycles. The lowest BCUT2D eigenvalue weighted by atomic mass is 10.0. The van der Waals surface area contributed by atoms with Crippen LogP contribution in [0.4, 0.5) is 11.4 Å². The van der Waals surface area contributed by atoms with Crippen molar-refractivity contribution in [2.24, 2.45) is 0 Å². The highest BCUT2D eigenvalue weighted by atomic mass is 32.1. The first-order valence-electron chi connectivity index (χ1n) is 7.43. The zero-order valence-electron chi connectivity index (χ0n) is 13.8. The van der Waals surface area contributed by atoms with Crippen LogP contribution in [0, 0.1) is 0 Å². The van der Waals surface area contributed by atoms with Crippen molar-refractivity contribution < 1.29 is 9.47 Å². The van der Waals surface area contributed by atoms with Crippen LogP contribution in [0.5, 0.6) is 11.5 Å². The second-order valence-electron chi connectivity index (χ2n) is 5.42. The quantitative estimate of drug-likeness (QED) is 0.782. The standard InChI is InChI=1S/C18H22N2O2S/c1-12(2)16-7-5-6-8-17(16)20-18(23)19-13-9-14(21-3)11-15(10-13)22-4/h5-12H,1-4H3,(H2,19,20,23). The Morgan fingerprint density at radius 2 is 1.57 bits per heavy atom. The summed E-state index contributed by atoms with van der Waals surface area (Å²) in [6.07, 6.45) is 0. The molecule has 0 fully saturated rings. The van der Waals surface area contributed by atoms with Crippen LogP contribution >= 0.6 is 12.2 Å². The van der Waals surface area contributed by atoms with E-state index < -0.39 is 0 Å².